The Morgan fingerprint density at radius 2 is 1.69 bits per heavy atom. The van der Waals surface area contributed by atoms with Crippen molar-refractivity contribution in [3.8, 4) is 0 Å². The smallest absolute Gasteiger partial charge is 0.282 e. The number of hydrogen-bond donors (Lipinski definition) is 1. The minimum atomic E-state index is -4.11. The van der Waals surface area contributed by atoms with Gasteiger partial charge in [0.25, 0.3) is 10.1 Å². The summed E-state index contributed by atoms with van der Waals surface area (Å²) >= 11 is 0. The summed E-state index contributed by atoms with van der Waals surface area (Å²) in [5.41, 5.74) is 2.69. The number of rotatable bonds is 4. The molecule has 1 rings (SSSR count). The van der Waals surface area contributed by atoms with Crippen molar-refractivity contribution in [3.05, 3.63) is 28.8 Å². The monoisotopic (exact) mass is 242 g/mol. The Labute approximate surface area is 97.2 Å². The van der Waals surface area contributed by atoms with Gasteiger partial charge in [0.1, 0.15) is 0 Å². The first-order valence-corrected chi connectivity index (χ1v) is 7.00. The highest BCUT2D eigenvalue weighted by Gasteiger charge is 2.17. The zero-order valence-electron chi connectivity index (χ0n) is 9.95. The molecule has 1 aromatic rings. The molecule has 3 nitrogen and oxygen atoms in total. The first-order valence-electron chi connectivity index (χ1n) is 5.56. The average Bonchev–Trinajstić information content (AvgIpc) is 2.25. The quantitative estimate of drug-likeness (QED) is 0.826. The van der Waals surface area contributed by atoms with Crippen LogP contribution in [0.3, 0.4) is 0 Å². The third kappa shape index (κ3) is 2.62. The van der Waals surface area contributed by atoms with E-state index >= 15 is 0 Å². The summed E-state index contributed by atoms with van der Waals surface area (Å²) in [4.78, 5) is 0.0752. The molecule has 1 N–H and O–H groups in total. The molecule has 0 unspecified atom stereocenters. The molecular weight excluding hydrogens is 224 g/mol. The standard InChI is InChI=1S/C12H18O3S/c1-4-9-7-10(5-2)11(6-3)12(8-9)16(13,14)15/h7-8H,4-6H2,1-3H3,(H,13,14,15). The molecule has 90 valence electrons. The van der Waals surface area contributed by atoms with Crippen LogP contribution in [0.25, 0.3) is 0 Å². The summed E-state index contributed by atoms with van der Waals surface area (Å²) in [5.74, 6) is 0. The molecule has 0 radical (unpaired) electrons. The van der Waals surface area contributed by atoms with E-state index in [4.69, 9.17) is 0 Å². The molecule has 0 aliphatic carbocycles. The second kappa shape index (κ2) is 4.97. The van der Waals surface area contributed by atoms with Crippen LogP contribution in [-0.4, -0.2) is 13.0 Å². The van der Waals surface area contributed by atoms with Crippen LogP contribution in [0.1, 0.15) is 37.5 Å². The second-order valence-corrected chi connectivity index (χ2v) is 5.16. The molecule has 0 spiro atoms. The molecule has 0 amide bonds. The topological polar surface area (TPSA) is 54.4 Å². The molecule has 0 aliphatic heterocycles. The Kier molecular flexibility index (Phi) is 4.10. The van der Waals surface area contributed by atoms with Crippen molar-refractivity contribution < 1.29 is 13.0 Å². The lowest BCUT2D eigenvalue weighted by atomic mass is 9.99. The van der Waals surface area contributed by atoms with Crippen LogP contribution < -0.4 is 0 Å². The predicted octanol–water partition coefficient (Wildman–Crippen LogP) is 2.62. The molecule has 0 bridgehead atoms. The molecular formula is C12H18O3S. The lowest BCUT2D eigenvalue weighted by Gasteiger charge is -2.12. The Balaban J connectivity index is 3.56. The van der Waals surface area contributed by atoms with Crippen molar-refractivity contribution in [3.63, 3.8) is 0 Å². The molecule has 0 aliphatic rings. The maximum Gasteiger partial charge on any atom is 0.294 e. The minimum Gasteiger partial charge on any atom is -0.282 e. The third-order valence-electron chi connectivity index (χ3n) is 2.78. The highest BCUT2D eigenvalue weighted by atomic mass is 32.2. The Morgan fingerprint density at radius 1 is 1.06 bits per heavy atom. The molecule has 0 atom stereocenters. The van der Waals surface area contributed by atoms with Gasteiger partial charge < -0.3 is 0 Å². The van der Waals surface area contributed by atoms with E-state index in [9.17, 15) is 13.0 Å². The zero-order valence-corrected chi connectivity index (χ0v) is 10.8. The molecule has 16 heavy (non-hydrogen) atoms. The van der Waals surface area contributed by atoms with E-state index in [0.29, 0.717) is 6.42 Å². The predicted molar refractivity (Wildman–Crippen MR) is 64.4 cm³/mol. The summed E-state index contributed by atoms with van der Waals surface area (Å²) in [6.45, 7) is 5.85. The van der Waals surface area contributed by atoms with Gasteiger partial charge in [-0.25, -0.2) is 0 Å². The fraction of sp³-hybridized carbons (Fsp3) is 0.500. The van der Waals surface area contributed by atoms with E-state index in [-0.39, 0.29) is 4.90 Å². The van der Waals surface area contributed by atoms with Crippen LogP contribution >= 0.6 is 0 Å². The fourth-order valence-electron chi connectivity index (χ4n) is 1.92. The van der Waals surface area contributed by atoms with Crippen LogP contribution in [0, 0.1) is 0 Å². The molecule has 0 aromatic heterocycles. The largest absolute Gasteiger partial charge is 0.294 e. The van der Waals surface area contributed by atoms with Gasteiger partial charge >= 0.3 is 0 Å². The van der Waals surface area contributed by atoms with E-state index < -0.39 is 10.1 Å². The highest BCUT2D eigenvalue weighted by molar-refractivity contribution is 7.85. The maximum atomic E-state index is 11.3. The van der Waals surface area contributed by atoms with Crippen molar-refractivity contribution in [2.45, 2.75) is 44.9 Å². The molecule has 1 aromatic carbocycles. The van der Waals surface area contributed by atoms with Gasteiger partial charge in [-0.15, -0.1) is 0 Å². The minimum absolute atomic E-state index is 0.0752. The average molecular weight is 242 g/mol. The summed E-state index contributed by atoms with van der Waals surface area (Å²) in [5, 5.41) is 0. The Bertz CT molecular complexity index is 475. The molecule has 0 fully saturated rings. The number of hydrogen-bond acceptors (Lipinski definition) is 2. The van der Waals surface area contributed by atoms with Gasteiger partial charge in [-0.2, -0.15) is 8.42 Å². The number of benzene rings is 1. The van der Waals surface area contributed by atoms with Gasteiger partial charge in [0.2, 0.25) is 0 Å². The van der Waals surface area contributed by atoms with E-state index in [1.165, 1.54) is 0 Å². The van der Waals surface area contributed by atoms with Gasteiger partial charge in [-0.1, -0.05) is 26.8 Å². The highest BCUT2D eigenvalue weighted by Crippen LogP contribution is 2.23. The van der Waals surface area contributed by atoms with Crippen LogP contribution in [0.4, 0.5) is 0 Å². The summed E-state index contributed by atoms with van der Waals surface area (Å²) < 4.78 is 31.8. The van der Waals surface area contributed by atoms with Crippen LogP contribution in [-0.2, 0) is 29.4 Å². The van der Waals surface area contributed by atoms with E-state index in [1.807, 2.05) is 26.8 Å². The summed E-state index contributed by atoms with van der Waals surface area (Å²) in [7, 11) is -4.11. The maximum absolute atomic E-state index is 11.3. The summed E-state index contributed by atoms with van der Waals surface area (Å²) in [6, 6.07) is 3.60. The van der Waals surface area contributed by atoms with Crippen molar-refractivity contribution in [2.75, 3.05) is 0 Å². The SMILES string of the molecule is CCc1cc(CC)c(CC)c(S(=O)(=O)O)c1. The third-order valence-corrected chi connectivity index (χ3v) is 3.70. The lowest BCUT2D eigenvalue weighted by Crippen LogP contribution is -2.07. The molecule has 4 heteroatoms. The number of aryl methyl sites for hydroxylation is 2. The van der Waals surface area contributed by atoms with Gasteiger partial charge in [-0.3, -0.25) is 4.55 Å². The van der Waals surface area contributed by atoms with Crippen molar-refractivity contribution in [1.29, 1.82) is 0 Å². The molecule has 0 saturated carbocycles. The lowest BCUT2D eigenvalue weighted by molar-refractivity contribution is 0.482. The fourth-order valence-corrected chi connectivity index (χ4v) is 2.80. The van der Waals surface area contributed by atoms with Crippen molar-refractivity contribution in [2.24, 2.45) is 0 Å². The van der Waals surface area contributed by atoms with Gasteiger partial charge in [0, 0.05) is 0 Å². The Hall–Kier alpha value is -0.870. The van der Waals surface area contributed by atoms with Crippen LogP contribution in [0.5, 0.6) is 0 Å². The van der Waals surface area contributed by atoms with Gasteiger partial charge in [-0.05, 0) is 42.0 Å². The second-order valence-electron chi connectivity index (χ2n) is 3.77. The van der Waals surface area contributed by atoms with E-state index in [0.717, 1.165) is 29.5 Å². The Morgan fingerprint density at radius 3 is 2.06 bits per heavy atom. The van der Waals surface area contributed by atoms with E-state index in [1.54, 1.807) is 6.07 Å². The van der Waals surface area contributed by atoms with E-state index in [2.05, 4.69) is 0 Å². The molecule has 0 saturated heterocycles. The molecule has 0 heterocycles. The van der Waals surface area contributed by atoms with Gasteiger partial charge in [0.05, 0.1) is 4.90 Å². The van der Waals surface area contributed by atoms with Crippen molar-refractivity contribution >= 4 is 10.1 Å². The van der Waals surface area contributed by atoms with Crippen LogP contribution in [0.15, 0.2) is 17.0 Å². The summed E-state index contributed by atoms with van der Waals surface area (Å²) in [6.07, 6.45) is 2.15. The first-order chi connectivity index (χ1) is 7.43. The van der Waals surface area contributed by atoms with Crippen molar-refractivity contribution in [1.82, 2.24) is 0 Å². The normalized spacial score (nSPS) is 11.8. The zero-order chi connectivity index (χ0) is 12.3. The first kappa shape index (κ1) is 13.2. The van der Waals surface area contributed by atoms with Gasteiger partial charge in [0.15, 0.2) is 0 Å². The van der Waals surface area contributed by atoms with Crippen LogP contribution in [0.2, 0.25) is 0 Å².